The molecule has 0 aliphatic carbocycles. The highest BCUT2D eigenvalue weighted by Crippen LogP contribution is 2.10. The van der Waals surface area contributed by atoms with Gasteiger partial charge in [0, 0.05) is 0 Å². The largest absolute Gasteiger partial charge is 0.198 e. The lowest BCUT2D eigenvalue weighted by molar-refractivity contribution is 0.729. The summed E-state index contributed by atoms with van der Waals surface area (Å²) in [5.41, 5.74) is 0.827. The van der Waals surface area contributed by atoms with E-state index in [1.54, 1.807) is 0 Å². The minimum absolute atomic E-state index is 0.0625. The van der Waals surface area contributed by atoms with Crippen LogP contribution >= 0.6 is 0 Å². The summed E-state index contributed by atoms with van der Waals surface area (Å²) in [6, 6.07) is 11.6. The van der Waals surface area contributed by atoms with Gasteiger partial charge in [-0.2, -0.15) is 15.5 Å². The van der Waals surface area contributed by atoms with Crippen molar-refractivity contribution in [3.63, 3.8) is 0 Å². The maximum atomic E-state index is 8.48. The van der Waals surface area contributed by atoms with Crippen LogP contribution in [0.3, 0.4) is 0 Å². The van der Waals surface area contributed by atoms with Gasteiger partial charge in [-0.05, 0) is 19.1 Å². The summed E-state index contributed by atoms with van der Waals surface area (Å²) in [6.45, 7) is 2.29. The van der Waals surface area contributed by atoms with Gasteiger partial charge in [-0.15, -0.1) is 0 Å². The van der Waals surface area contributed by atoms with Crippen LogP contribution in [0.2, 0.25) is 0 Å². The maximum absolute atomic E-state index is 8.48. The van der Waals surface area contributed by atoms with Crippen molar-refractivity contribution in [2.24, 2.45) is 16.1 Å². The van der Waals surface area contributed by atoms with Crippen molar-refractivity contribution in [2.75, 3.05) is 6.54 Å². The Kier molecular flexibility index (Phi) is 3.65. The molecule has 0 bridgehead atoms. The first-order valence-electron chi connectivity index (χ1n) is 4.15. The van der Waals surface area contributed by atoms with Crippen molar-refractivity contribution in [3.8, 4) is 6.07 Å². The second-order valence-corrected chi connectivity index (χ2v) is 2.79. The smallest absolute Gasteiger partial charge is 0.0852 e. The molecule has 0 aromatic heterocycles. The van der Waals surface area contributed by atoms with Crippen LogP contribution in [-0.4, -0.2) is 6.54 Å². The number of hydrogen-bond acceptors (Lipinski definition) is 3. The fraction of sp³-hybridized carbons (Fsp3) is 0.300. The van der Waals surface area contributed by atoms with Crippen molar-refractivity contribution >= 4 is 5.69 Å². The lowest BCUT2D eigenvalue weighted by Crippen LogP contribution is -1.92. The fourth-order valence-electron chi connectivity index (χ4n) is 0.780. The first kappa shape index (κ1) is 9.40. The molecule has 0 amide bonds. The highest BCUT2D eigenvalue weighted by molar-refractivity contribution is 5.34. The minimum atomic E-state index is -0.0625. The van der Waals surface area contributed by atoms with Crippen molar-refractivity contribution < 1.29 is 0 Å². The molecular weight excluding hydrogens is 162 g/mol. The lowest BCUT2D eigenvalue weighted by atomic mass is 10.2. The molecule has 3 heteroatoms. The van der Waals surface area contributed by atoms with E-state index in [1.807, 2.05) is 37.3 Å². The Bertz CT molecular complexity index is 311. The summed E-state index contributed by atoms with van der Waals surface area (Å²) in [5.74, 6) is -0.0625. The molecule has 66 valence electrons. The van der Waals surface area contributed by atoms with E-state index in [-0.39, 0.29) is 5.92 Å². The van der Waals surface area contributed by atoms with E-state index in [0.717, 1.165) is 5.69 Å². The zero-order valence-corrected chi connectivity index (χ0v) is 7.51. The molecule has 1 aromatic carbocycles. The SMILES string of the molecule is CC(C#N)CN=Nc1ccccc1. The molecule has 0 aliphatic heterocycles. The molecule has 0 radical (unpaired) electrons. The topological polar surface area (TPSA) is 48.5 Å². The number of nitrogens with zero attached hydrogens (tertiary/aromatic N) is 3. The van der Waals surface area contributed by atoms with Crippen LogP contribution in [0.5, 0.6) is 0 Å². The molecule has 1 unspecified atom stereocenters. The van der Waals surface area contributed by atoms with Gasteiger partial charge in [0.05, 0.1) is 24.2 Å². The second-order valence-electron chi connectivity index (χ2n) is 2.79. The molecule has 1 atom stereocenters. The Labute approximate surface area is 77.7 Å². The molecule has 0 spiro atoms. The number of hydrogen-bond donors (Lipinski definition) is 0. The van der Waals surface area contributed by atoms with E-state index < -0.39 is 0 Å². The summed E-state index contributed by atoms with van der Waals surface area (Å²) < 4.78 is 0. The standard InChI is InChI=1S/C10H11N3/c1-9(7-11)8-12-13-10-5-3-2-4-6-10/h2-6,9H,8H2,1H3. The van der Waals surface area contributed by atoms with Gasteiger partial charge in [0.2, 0.25) is 0 Å². The predicted octanol–water partition coefficient (Wildman–Crippen LogP) is 2.93. The van der Waals surface area contributed by atoms with Gasteiger partial charge in [0.25, 0.3) is 0 Å². The van der Waals surface area contributed by atoms with Gasteiger partial charge in [0.15, 0.2) is 0 Å². The summed E-state index contributed by atoms with van der Waals surface area (Å²) in [6.07, 6.45) is 0. The highest BCUT2D eigenvalue weighted by atomic mass is 15.1. The van der Waals surface area contributed by atoms with Gasteiger partial charge in [0.1, 0.15) is 0 Å². The normalized spacial score (nSPS) is 12.6. The van der Waals surface area contributed by atoms with Crippen molar-refractivity contribution in [2.45, 2.75) is 6.92 Å². The predicted molar refractivity (Wildman–Crippen MR) is 50.6 cm³/mol. The second kappa shape index (κ2) is 5.04. The van der Waals surface area contributed by atoms with Crippen molar-refractivity contribution in [1.29, 1.82) is 5.26 Å². The minimum Gasteiger partial charge on any atom is -0.198 e. The first-order valence-corrected chi connectivity index (χ1v) is 4.15. The van der Waals surface area contributed by atoms with Crippen LogP contribution in [0.25, 0.3) is 0 Å². The Balaban J connectivity index is 2.47. The van der Waals surface area contributed by atoms with Gasteiger partial charge < -0.3 is 0 Å². The molecule has 0 saturated heterocycles. The summed E-state index contributed by atoms with van der Waals surface area (Å²) >= 11 is 0. The molecule has 0 fully saturated rings. The van der Waals surface area contributed by atoms with Gasteiger partial charge >= 0.3 is 0 Å². The monoisotopic (exact) mass is 173 g/mol. The number of benzene rings is 1. The van der Waals surface area contributed by atoms with E-state index in [4.69, 9.17) is 5.26 Å². The van der Waals surface area contributed by atoms with Crippen molar-refractivity contribution in [1.82, 2.24) is 0 Å². The molecule has 0 saturated carbocycles. The first-order chi connectivity index (χ1) is 6.33. The van der Waals surface area contributed by atoms with Gasteiger partial charge in [-0.3, -0.25) is 0 Å². The Hall–Kier alpha value is -1.69. The average Bonchev–Trinajstić information content (AvgIpc) is 2.19. The van der Waals surface area contributed by atoms with Crippen LogP contribution < -0.4 is 0 Å². The summed E-state index contributed by atoms with van der Waals surface area (Å²) in [4.78, 5) is 0. The van der Waals surface area contributed by atoms with Gasteiger partial charge in [-0.25, -0.2) is 0 Å². The highest BCUT2D eigenvalue weighted by Gasteiger charge is 1.95. The molecule has 13 heavy (non-hydrogen) atoms. The third kappa shape index (κ3) is 3.48. The van der Waals surface area contributed by atoms with E-state index >= 15 is 0 Å². The summed E-state index contributed by atoms with van der Waals surface area (Å²) in [7, 11) is 0. The van der Waals surface area contributed by atoms with Gasteiger partial charge in [-0.1, -0.05) is 18.2 Å². The van der Waals surface area contributed by atoms with E-state index in [1.165, 1.54) is 0 Å². The van der Waals surface area contributed by atoms with E-state index in [0.29, 0.717) is 6.54 Å². The quantitative estimate of drug-likeness (QED) is 0.648. The van der Waals surface area contributed by atoms with E-state index in [2.05, 4.69) is 16.3 Å². The molecule has 0 N–H and O–H groups in total. The molecule has 1 aromatic rings. The number of azo groups is 1. The molecule has 3 nitrogen and oxygen atoms in total. The molecule has 0 aliphatic rings. The van der Waals surface area contributed by atoms with Crippen LogP contribution in [0, 0.1) is 17.2 Å². The lowest BCUT2D eigenvalue weighted by Gasteiger charge is -1.93. The third-order valence-electron chi connectivity index (χ3n) is 1.52. The third-order valence-corrected chi connectivity index (χ3v) is 1.52. The van der Waals surface area contributed by atoms with Crippen LogP contribution in [0.15, 0.2) is 40.6 Å². The Morgan fingerprint density at radius 2 is 2.08 bits per heavy atom. The average molecular weight is 173 g/mol. The zero-order valence-electron chi connectivity index (χ0n) is 7.51. The molecular formula is C10H11N3. The van der Waals surface area contributed by atoms with Crippen LogP contribution in [0.4, 0.5) is 5.69 Å². The van der Waals surface area contributed by atoms with Crippen LogP contribution in [-0.2, 0) is 0 Å². The molecule has 0 heterocycles. The maximum Gasteiger partial charge on any atom is 0.0852 e. The Morgan fingerprint density at radius 3 is 2.69 bits per heavy atom. The number of rotatable bonds is 3. The van der Waals surface area contributed by atoms with Crippen LogP contribution in [0.1, 0.15) is 6.92 Å². The zero-order chi connectivity index (χ0) is 9.52. The number of nitriles is 1. The fourth-order valence-corrected chi connectivity index (χ4v) is 0.780. The summed E-state index contributed by atoms with van der Waals surface area (Å²) in [5, 5.41) is 16.4. The molecule has 1 rings (SSSR count). The Morgan fingerprint density at radius 1 is 1.38 bits per heavy atom. The van der Waals surface area contributed by atoms with E-state index in [9.17, 15) is 0 Å². The van der Waals surface area contributed by atoms with Crippen molar-refractivity contribution in [3.05, 3.63) is 30.3 Å².